The summed E-state index contributed by atoms with van der Waals surface area (Å²) in [5.41, 5.74) is 0.887. The number of para-hydroxylation sites is 1. The molecule has 0 radical (unpaired) electrons. The van der Waals surface area contributed by atoms with E-state index < -0.39 is 35.5 Å². The van der Waals surface area contributed by atoms with E-state index in [1.54, 1.807) is 12.1 Å². The highest BCUT2D eigenvalue weighted by Crippen LogP contribution is 2.26. The molecule has 0 fully saturated rings. The molecular weight excluding hydrogens is 416 g/mol. The average Bonchev–Trinajstić information content (AvgIpc) is 2.70. The van der Waals surface area contributed by atoms with Crippen molar-refractivity contribution in [2.75, 3.05) is 11.9 Å². The topological polar surface area (TPSA) is 133 Å². The van der Waals surface area contributed by atoms with Crippen LogP contribution in [0.5, 0.6) is 0 Å². The zero-order valence-electron chi connectivity index (χ0n) is 15.6. The van der Waals surface area contributed by atoms with Crippen LogP contribution in [-0.2, 0) is 20.9 Å². The van der Waals surface area contributed by atoms with Crippen molar-refractivity contribution in [3.05, 3.63) is 73.8 Å². The van der Waals surface area contributed by atoms with Crippen LogP contribution in [-0.4, -0.2) is 33.0 Å². The lowest BCUT2D eigenvalue weighted by Gasteiger charge is -2.09. The van der Waals surface area contributed by atoms with Crippen LogP contribution in [0, 0.1) is 17.0 Å². The molecule has 0 aliphatic heterocycles. The lowest BCUT2D eigenvalue weighted by molar-refractivity contribution is -0.384. The Morgan fingerprint density at radius 3 is 2.77 bits per heavy atom. The lowest BCUT2D eigenvalue weighted by Crippen LogP contribution is -2.28. The molecule has 3 rings (SSSR count). The number of esters is 1. The molecule has 0 bridgehead atoms. The van der Waals surface area contributed by atoms with E-state index in [1.807, 2.05) is 13.0 Å². The maximum atomic E-state index is 12.5. The van der Waals surface area contributed by atoms with Crippen LogP contribution in [0.2, 0.25) is 5.02 Å². The number of nitrogens with one attached hydrogen (secondary N) is 1. The van der Waals surface area contributed by atoms with E-state index in [0.29, 0.717) is 10.9 Å². The molecule has 0 spiro atoms. The third-order valence-corrected chi connectivity index (χ3v) is 4.47. The van der Waals surface area contributed by atoms with Crippen molar-refractivity contribution in [3.8, 4) is 0 Å². The van der Waals surface area contributed by atoms with Crippen molar-refractivity contribution in [2.24, 2.45) is 0 Å². The third-order valence-electron chi connectivity index (χ3n) is 4.16. The lowest BCUT2D eigenvalue weighted by atomic mass is 10.1. The largest absolute Gasteiger partial charge is 0.454 e. The maximum absolute atomic E-state index is 12.5. The summed E-state index contributed by atoms with van der Waals surface area (Å²) in [6.07, 6.45) is 1.25. The molecule has 0 saturated heterocycles. The standard InChI is InChI=1S/C19H15ClN4O6/c1-11-3-2-4-13-18(11)21-10-23(19(13)27)8-17(26)30-9-16(25)22-15-6-5-12(24(28)29)7-14(15)20/h2-7,10H,8-9H2,1H3,(H,22,25). The second kappa shape index (κ2) is 8.70. The van der Waals surface area contributed by atoms with E-state index in [9.17, 15) is 24.5 Å². The van der Waals surface area contributed by atoms with Gasteiger partial charge in [-0.3, -0.25) is 29.1 Å². The summed E-state index contributed by atoms with van der Waals surface area (Å²) in [4.78, 5) is 50.7. The number of carbonyl (C=O) groups excluding carboxylic acids is 2. The summed E-state index contributed by atoms with van der Waals surface area (Å²) in [5, 5.41) is 13.4. The quantitative estimate of drug-likeness (QED) is 0.360. The molecule has 3 aromatic rings. The molecule has 10 nitrogen and oxygen atoms in total. The molecule has 2 aromatic carbocycles. The van der Waals surface area contributed by atoms with E-state index in [-0.39, 0.29) is 16.4 Å². The smallest absolute Gasteiger partial charge is 0.326 e. The number of rotatable bonds is 6. The summed E-state index contributed by atoms with van der Waals surface area (Å²) in [6, 6.07) is 8.68. The molecule has 30 heavy (non-hydrogen) atoms. The highest BCUT2D eigenvalue weighted by atomic mass is 35.5. The Morgan fingerprint density at radius 1 is 1.30 bits per heavy atom. The van der Waals surface area contributed by atoms with Gasteiger partial charge in [-0.1, -0.05) is 23.7 Å². The first-order valence-corrected chi connectivity index (χ1v) is 8.98. The van der Waals surface area contributed by atoms with Gasteiger partial charge in [0.2, 0.25) is 0 Å². The number of ether oxygens (including phenoxy) is 1. The molecule has 0 saturated carbocycles. The minimum absolute atomic E-state index is 0.0343. The zero-order chi connectivity index (χ0) is 21.8. The molecule has 11 heteroatoms. The molecule has 0 aliphatic carbocycles. The van der Waals surface area contributed by atoms with Crippen LogP contribution in [0.3, 0.4) is 0 Å². The van der Waals surface area contributed by atoms with Crippen LogP contribution in [0.25, 0.3) is 10.9 Å². The van der Waals surface area contributed by atoms with Crippen LogP contribution in [0.4, 0.5) is 11.4 Å². The van der Waals surface area contributed by atoms with Gasteiger partial charge in [-0.2, -0.15) is 0 Å². The minimum Gasteiger partial charge on any atom is -0.454 e. The number of hydrogen-bond acceptors (Lipinski definition) is 7. The number of anilines is 1. The number of carbonyl (C=O) groups is 2. The summed E-state index contributed by atoms with van der Waals surface area (Å²) in [6.45, 7) is 0.783. The predicted octanol–water partition coefficient (Wildman–Crippen LogP) is 2.45. The van der Waals surface area contributed by atoms with Crippen molar-refractivity contribution in [3.63, 3.8) is 0 Å². The van der Waals surface area contributed by atoms with Gasteiger partial charge >= 0.3 is 5.97 Å². The van der Waals surface area contributed by atoms with Crippen LogP contribution in [0.1, 0.15) is 5.56 Å². The summed E-state index contributed by atoms with van der Waals surface area (Å²) in [5.74, 6) is -1.51. The number of aromatic nitrogens is 2. The van der Waals surface area contributed by atoms with Crippen molar-refractivity contribution in [2.45, 2.75) is 13.5 Å². The fourth-order valence-corrected chi connectivity index (χ4v) is 2.91. The summed E-state index contributed by atoms with van der Waals surface area (Å²) in [7, 11) is 0. The second-order valence-corrected chi connectivity index (χ2v) is 6.69. The fraction of sp³-hybridized carbons (Fsp3) is 0.158. The zero-order valence-corrected chi connectivity index (χ0v) is 16.4. The molecule has 1 aromatic heterocycles. The van der Waals surface area contributed by atoms with Crippen LogP contribution >= 0.6 is 11.6 Å². The number of hydrogen-bond donors (Lipinski definition) is 1. The first-order valence-electron chi connectivity index (χ1n) is 8.60. The van der Waals surface area contributed by atoms with Crippen LogP contribution in [0.15, 0.2) is 47.5 Å². The Morgan fingerprint density at radius 2 is 2.07 bits per heavy atom. The van der Waals surface area contributed by atoms with Crippen molar-refractivity contribution >= 4 is 45.8 Å². The number of nitro benzene ring substituents is 1. The summed E-state index contributed by atoms with van der Waals surface area (Å²) < 4.78 is 5.98. The number of fused-ring (bicyclic) bond motifs is 1. The fourth-order valence-electron chi connectivity index (χ4n) is 2.69. The SMILES string of the molecule is Cc1cccc2c(=O)n(CC(=O)OCC(=O)Nc3ccc([N+](=O)[O-])cc3Cl)cnc12. The molecule has 1 amide bonds. The van der Waals surface area contributed by atoms with Crippen molar-refractivity contribution in [1.29, 1.82) is 0 Å². The predicted molar refractivity (Wildman–Crippen MR) is 108 cm³/mol. The Kier molecular flexibility index (Phi) is 6.07. The summed E-state index contributed by atoms with van der Waals surface area (Å²) >= 11 is 5.89. The number of halogens is 1. The highest BCUT2D eigenvalue weighted by molar-refractivity contribution is 6.34. The Hall–Kier alpha value is -3.79. The molecule has 154 valence electrons. The van der Waals surface area contributed by atoms with E-state index in [4.69, 9.17) is 16.3 Å². The second-order valence-electron chi connectivity index (χ2n) is 6.28. The van der Waals surface area contributed by atoms with Gasteiger partial charge < -0.3 is 10.1 Å². The van der Waals surface area contributed by atoms with Gasteiger partial charge in [-0.05, 0) is 24.6 Å². The molecule has 0 aliphatic rings. The van der Waals surface area contributed by atoms with Crippen molar-refractivity contribution < 1.29 is 19.2 Å². The van der Waals surface area contributed by atoms with Gasteiger partial charge in [0.05, 0.1) is 32.9 Å². The molecule has 0 atom stereocenters. The Balaban J connectivity index is 1.60. The number of nitrogens with zero attached hydrogens (tertiary/aromatic N) is 3. The number of benzene rings is 2. The van der Waals surface area contributed by atoms with Crippen LogP contribution < -0.4 is 10.9 Å². The van der Waals surface area contributed by atoms with E-state index >= 15 is 0 Å². The van der Waals surface area contributed by atoms with Gasteiger partial charge in [0.15, 0.2) is 6.61 Å². The molecule has 1 N–H and O–H groups in total. The normalized spacial score (nSPS) is 10.6. The van der Waals surface area contributed by atoms with E-state index in [1.165, 1.54) is 18.5 Å². The van der Waals surface area contributed by atoms with Gasteiger partial charge in [-0.25, -0.2) is 4.98 Å². The Labute approximate surface area is 174 Å². The minimum atomic E-state index is -0.809. The van der Waals surface area contributed by atoms with Gasteiger partial charge in [0, 0.05) is 12.1 Å². The van der Waals surface area contributed by atoms with Gasteiger partial charge in [0.1, 0.15) is 6.54 Å². The maximum Gasteiger partial charge on any atom is 0.326 e. The Bertz CT molecular complexity index is 1220. The van der Waals surface area contributed by atoms with Crippen molar-refractivity contribution in [1.82, 2.24) is 9.55 Å². The number of amides is 1. The first-order chi connectivity index (χ1) is 14.3. The molecule has 1 heterocycles. The van der Waals surface area contributed by atoms with E-state index in [0.717, 1.165) is 16.2 Å². The number of non-ortho nitro benzene ring substituents is 1. The van der Waals surface area contributed by atoms with Gasteiger partial charge in [0.25, 0.3) is 17.2 Å². The first kappa shape index (κ1) is 20.9. The molecule has 0 unspecified atom stereocenters. The molecular formula is C19H15ClN4O6. The van der Waals surface area contributed by atoms with E-state index in [2.05, 4.69) is 10.3 Å². The third kappa shape index (κ3) is 4.61. The number of nitro groups is 1. The highest BCUT2D eigenvalue weighted by Gasteiger charge is 2.14. The average molecular weight is 431 g/mol. The van der Waals surface area contributed by atoms with Gasteiger partial charge in [-0.15, -0.1) is 0 Å². The number of aryl methyl sites for hydroxylation is 1. The monoisotopic (exact) mass is 430 g/mol.